The van der Waals surface area contributed by atoms with Crippen LogP contribution in [-0.4, -0.2) is 0 Å². The second kappa shape index (κ2) is 16.1. The summed E-state index contributed by atoms with van der Waals surface area (Å²) in [7, 11) is 0. The standard InChI is InChI=1S/C71H43NS2/c1-2-14-46-40-53(32-27-44(46)13-1)72(54-33-34-58-57-17-5-10-22-65(57)71(66(58)43-54)63-20-8-3-15-55(63)56-16-4-9-21-64(56)71)52-30-25-45(26-31-52)49-37-50(47-28-35-69-61(41-47)59-18-6-11-23-67(59)73-69)39-51(38-49)48-29-36-70-62(42-48)60-19-7-12-24-68(60)74-70/h1-43H. The third kappa shape index (κ3) is 6.15. The fourth-order valence-electron chi connectivity index (χ4n) is 12.7. The maximum atomic E-state index is 2.49. The van der Waals surface area contributed by atoms with E-state index in [9.17, 15) is 0 Å². The molecule has 2 heterocycles. The van der Waals surface area contributed by atoms with E-state index in [1.54, 1.807) is 0 Å². The first kappa shape index (κ1) is 41.7. The minimum absolute atomic E-state index is 0.446. The molecule has 0 N–H and O–H groups in total. The molecule has 74 heavy (non-hydrogen) atoms. The van der Waals surface area contributed by atoms with Crippen molar-refractivity contribution in [3.05, 3.63) is 283 Å². The Hall–Kier alpha value is -8.86. The molecule has 2 aliphatic rings. The number of rotatable bonds is 6. The summed E-state index contributed by atoms with van der Waals surface area (Å²) in [5, 5.41) is 7.68. The minimum atomic E-state index is -0.446. The van der Waals surface area contributed by atoms with Crippen molar-refractivity contribution in [2.75, 3.05) is 4.90 Å². The molecular weight excluding hydrogens is 931 g/mol. The van der Waals surface area contributed by atoms with E-state index < -0.39 is 5.41 Å². The number of hydrogen-bond donors (Lipinski definition) is 0. The summed E-state index contributed by atoms with van der Waals surface area (Å²) in [5.41, 5.74) is 20.7. The molecular formula is C71H43NS2. The Labute approximate surface area is 437 Å². The zero-order chi connectivity index (χ0) is 48.5. The molecule has 0 bridgehead atoms. The van der Waals surface area contributed by atoms with Crippen LogP contribution in [0.4, 0.5) is 17.1 Å². The summed E-state index contributed by atoms with van der Waals surface area (Å²) < 4.78 is 5.27. The maximum Gasteiger partial charge on any atom is 0.0726 e. The van der Waals surface area contributed by atoms with Gasteiger partial charge in [0.15, 0.2) is 0 Å². The summed E-state index contributed by atoms with van der Waals surface area (Å²) in [5.74, 6) is 0. The molecule has 0 saturated carbocycles. The molecule has 0 radical (unpaired) electrons. The lowest BCUT2D eigenvalue weighted by molar-refractivity contribution is 0.793. The highest BCUT2D eigenvalue weighted by Crippen LogP contribution is 2.63. The zero-order valence-electron chi connectivity index (χ0n) is 40.1. The monoisotopic (exact) mass is 973 g/mol. The highest BCUT2D eigenvalue weighted by Gasteiger charge is 2.51. The minimum Gasteiger partial charge on any atom is -0.310 e. The van der Waals surface area contributed by atoms with Gasteiger partial charge in [-0.2, -0.15) is 0 Å². The third-order valence-electron chi connectivity index (χ3n) is 16.0. The molecule has 12 aromatic carbocycles. The molecule has 344 valence electrons. The van der Waals surface area contributed by atoms with E-state index in [1.807, 2.05) is 22.7 Å². The Balaban J connectivity index is 0.869. The molecule has 0 aliphatic heterocycles. The van der Waals surface area contributed by atoms with Crippen molar-refractivity contribution in [1.82, 2.24) is 0 Å². The number of thiophene rings is 2. The molecule has 16 rings (SSSR count). The van der Waals surface area contributed by atoms with Crippen LogP contribution in [0.2, 0.25) is 0 Å². The van der Waals surface area contributed by atoms with Crippen molar-refractivity contribution in [3.63, 3.8) is 0 Å². The van der Waals surface area contributed by atoms with E-state index in [0.717, 1.165) is 17.1 Å². The SMILES string of the molecule is c1ccc2c(c1)-c1ccccc1C21c2ccccc2-c2ccc(N(c3ccc(-c4cc(-c5ccc6sc7ccccc7c6c5)cc(-c5ccc6sc7ccccc7c6c5)c4)cc3)c3ccc4ccccc4c3)cc21. The van der Waals surface area contributed by atoms with Crippen LogP contribution >= 0.6 is 22.7 Å². The van der Waals surface area contributed by atoms with Crippen LogP contribution < -0.4 is 4.90 Å². The molecule has 14 aromatic rings. The highest BCUT2D eigenvalue weighted by molar-refractivity contribution is 7.26. The molecule has 0 unspecified atom stereocenters. The predicted molar refractivity (Wildman–Crippen MR) is 317 cm³/mol. The van der Waals surface area contributed by atoms with Crippen LogP contribution in [0.3, 0.4) is 0 Å². The molecule has 1 spiro atoms. The van der Waals surface area contributed by atoms with Gasteiger partial charge in [-0.05, 0) is 180 Å². The first-order valence-corrected chi connectivity index (χ1v) is 27.1. The largest absolute Gasteiger partial charge is 0.310 e. The molecule has 1 nitrogen and oxygen atoms in total. The quantitative estimate of drug-likeness (QED) is 0.160. The van der Waals surface area contributed by atoms with Crippen LogP contribution in [0.15, 0.2) is 261 Å². The van der Waals surface area contributed by atoms with Gasteiger partial charge in [0, 0.05) is 57.4 Å². The summed E-state index contributed by atoms with van der Waals surface area (Å²) >= 11 is 3.74. The molecule has 2 aromatic heterocycles. The van der Waals surface area contributed by atoms with E-state index in [0.29, 0.717) is 0 Å². The van der Waals surface area contributed by atoms with E-state index in [-0.39, 0.29) is 0 Å². The zero-order valence-corrected chi connectivity index (χ0v) is 41.7. The van der Waals surface area contributed by atoms with Gasteiger partial charge in [0.25, 0.3) is 0 Å². The van der Waals surface area contributed by atoms with Crippen molar-refractivity contribution in [1.29, 1.82) is 0 Å². The number of hydrogen-bond acceptors (Lipinski definition) is 3. The van der Waals surface area contributed by atoms with Gasteiger partial charge < -0.3 is 4.90 Å². The molecule has 0 amide bonds. The van der Waals surface area contributed by atoms with Crippen LogP contribution in [0.1, 0.15) is 22.3 Å². The Bertz CT molecular complexity index is 4430. The average Bonchev–Trinajstić information content (AvgIpc) is 4.21. The Morgan fingerprint density at radius 2 is 0.662 bits per heavy atom. The Morgan fingerprint density at radius 1 is 0.243 bits per heavy atom. The Morgan fingerprint density at radius 3 is 1.24 bits per heavy atom. The number of fused-ring (bicyclic) bond motifs is 17. The van der Waals surface area contributed by atoms with Crippen LogP contribution in [0.5, 0.6) is 0 Å². The van der Waals surface area contributed by atoms with Gasteiger partial charge in [-0.25, -0.2) is 0 Å². The topological polar surface area (TPSA) is 3.24 Å². The fraction of sp³-hybridized carbons (Fsp3) is 0.0141. The van der Waals surface area contributed by atoms with Gasteiger partial charge in [0.1, 0.15) is 0 Å². The van der Waals surface area contributed by atoms with E-state index >= 15 is 0 Å². The first-order chi connectivity index (χ1) is 36.6. The van der Waals surface area contributed by atoms with Crippen molar-refractivity contribution in [2.45, 2.75) is 5.41 Å². The van der Waals surface area contributed by atoms with Crippen molar-refractivity contribution < 1.29 is 0 Å². The lowest BCUT2D eigenvalue weighted by Gasteiger charge is -2.32. The molecule has 3 heteroatoms. The number of benzene rings is 12. The van der Waals surface area contributed by atoms with Crippen molar-refractivity contribution >= 4 is 90.9 Å². The molecule has 0 atom stereocenters. The molecule has 2 aliphatic carbocycles. The summed E-state index contributed by atoms with van der Waals surface area (Å²) in [6.45, 7) is 0. The van der Waals surface area contributed by atoms with Gasteiger partial charge in [-0.1, -0.05) is 170 Å². The van der Waals surface area contributed by atoms with Crippen LogP contribution in [0, 0.1) is 0 Å². The van der Waals surface area contributed by atoms with Gasteiger partial charge in [-0.3, -0.25) is 0 Å². The van der Waals surface area contributed by atoms with Gasteiger partial charge in [-0.15, -0.1) is 22.7 Å². The lowest BCUT2D eigenvalue weighted by atomic mass is 9.70. The normalized spacial score (nSPS) is 13.0. The van der Waals surface area contributed by atoms with Crippen molar-refractivity contribution in [3.8, 4) is 55.6 Å². The van der Waals surface area contributed by atoms with E-state index in [1.165, 1.54) is 129 Å². The summed E-state index contributed by atoms with van der Waals surface area (Å²) in [4.78, 5) is 2.46. The van der Waals surface area contributed by atoms with E-state index in [4.69, 9.17) is 0 Å². The smallest absolute Gasteiger partial charge is 0.0726 e. The number of nitrogens with zero attached hydrogens (tertiary/aromatic N) is 1. The lowest BCUT2D eigenvalue weighted by Crippen LogP contribution is -2.26. The summed E-state index contributed by atoms with van der Waals surface area (Å²) in [6, 6.07) is 98.1. The van der Waals surface area contributed by atoms with Crippen molar-refractivity contribution in [2.24, 2.45) is 0 Å². The highest BCUT2D eigenvalue weighted by atomic mass is 32.1. The van der Waals surface area contributed by atoms with Crippen LogP contribution in [-0.2, 0) is 5.41 Å². The van der Waals surface area contributed by atoms with Gasteiger partial charge >= 0.3 is 0 Å². The van der Waals surface area contributed by atoms with Gasteiger partial charge in [0.2, 0.25) is 0 Å². The molecule has 0 saturated heterocycles. The Kier molecular flexibility index (Phi) is 9.06. The maximum absolute atomic E-state index is 2.49. The van der Waals surface area contributed by atoms with Gasteiger partial charge in [0.05, 0.1) is 5.41 Å². The first-order valence-electron chi connectivity index (χ1n) is 25.5. The van der Waals surface area contributed by atoms with Crippen LogP contribution in [0.25, 0.3) is 107 Å². The van der Waals surface area contributed by atoms with E-state index in [2.05, 4.69) is 266 Å². The predicted octanol–water partition coefficient (Wildman–Crippen LogP) is 20.4. The molecule has 0 fully saturated rings. The summed E-state index contributed by atoms with van der Waals surface area (Å²) in [6.07, 6.45) is 0. The fourth-order valence-corrected chi connectivity index (χ4v) is 14.9. The second-order valence-electron chi connectivity index (χ2n) is 19.9. The number of anilines is 3. The average molecular weight is 974 g/mol. The second-order valence-corrected chi connectivity index (χ2v) is 22.1. The third-order valence-corrected chi connectivity index (χ3v) is 18.3.